The second-order valence-corrected chi connectivity index (χ2v) is 8.25. The monoisotopic (exact) mass is 438 g/mol. The first-order chi connectivity index (χ1) is 15.5. The molecule has 2 aliphatic carbocycles. The second-order valence-electron chi connectivity index (χ2n) is 8.25. The number of carboxylic acids is 1. The van der Waals surface area contributed by atoms with Gasteiger partial charge in [0, 0.05) is 30.9 Å². The van der Waals surface area contributed by atoms with E-state index in [2.05, 4.69) is 34.9 Å². The van der Waals surface area contributed by atoms with E-state index < -0.39 is 18.1 Å². The highest BCUT2D eigenvalue weighted by molar-refractivity contribution is 5.86. The Morgan fingerprint density at radius 1 is 1.00 bits per heavy atom. The van der Waals surface area contributed by atoms with Crippen molar-refractivity contribution in [3.8, 4) is 11.1 Å². The molecule has 2 aromatic rings. The Morgan fingerprint density at radius 3 is 2.16 bits per heavy atom. The molecule has 1 saturated carbocycles. The number of benzene rings is 2. The van der Waals surface area contributed by atoms with E-state index in [0.717, 1.165) is 22.3 Å². The Labute approximate surface area is 185 Å². The number of fused-ring (bicyclic) bond motifs is 3. The molecule has 168 valence electrons. The third-order valence-electron chi connectivity index (χ3n) is 6.21. The topological polar surface area (TPSA) is 125 Å². The van der Waals surface area contributed by atoms with E-state index in [1.165, 1.54) is 0 Å². The lowest BCUT2D eigenvalue weighted by molar-refractivity contribution is -0.143. The third kappa shape index (κ3) is 4.45. The van der Waals surface area contributed by atoms with Crippen LogP contribution < -0.4 is 10.6 Å². The standard InChI is InChI=1S/C24H26N2O6/c27-10-9-21(23(29)30)26-22(28)14-11-15(12-14)25-24(31)32-13-20-18-7-3-1-5-16(18)17-6-2-4-8-19(17)20/h1-8,14-15,20-21,27H,9-13H2,(H,25,31)(H,26,28)(H,29,30). The van der Waals surface area contributed by atoms with Gasteiger partial charge in [0.15, 0.2) is 0 Å². The van der Waals surface area contributed by atoms with Crippen molar-refractivity contribution in [1.82, 2.24) is 10.6 Å². The number of alkyl carbamates (subject to hydrolysis) is 1. The third-order valence-corrected chi connectivity index (χ3v) is 6.21. The first-order valence-electron chi connectivity index (χ1n) is 10.7. The van der Waals surface area contributed by atoms with Gasteiger partial charge in [0.1, 0.15) is 12.6 Å². The minimum Gasteiger partial charge on any atom is -0.480 e. The summed E-state index contributed by atoms with van der Waals surface area (Å²) in [5, 5.41) is 23.2. The fourth-order valence-electron chi connectivity index (χ4n) is 4.43. The van der Waals surface area contributed by atoms with Crippen molar-refractivity contribution < 1.29 is 29.3 Å². The maximum Gasteiger partial charge on any atom is 0.407 e. The molecule has 8 heteroatoms. The highest BCUT2D eigenvalue weighted by Crippen LogP contribution is 2.44. The number of aliphatic carboxylic acids is 1. The quantitative estimate of drug-likeness (QED) is 0.501. The van der Waals surface area contributed by atoms with Crippen LogP contribution in [0.5, 0.6) is 0 Å². The molecule has 1 unspecified atom stereocenters. The maximum absolute atomic E-state index is 12.3. The maximum atomic E-state index is 12.3. The fourth-order valence-corrected chi connectivity index (χ4v) is 4.43. The Kier molecular flexibility index (Phi) is 6.41. The van der Waals surface area contributed by atoms with E-state index >= 15 is 0 Å². The van der Waals surface area contributed by atoms with Gasteiger partial charge in [-0.15, -0.1) is 0 Å². The summed E-state index contributed by atoms with van der Waals surface area (Å²) < 4.78 is 5.51. The molecule has 0 bridgehead atoms. The van der Waals surface area contributed by atoms with Crippen LogP contribution in [-0.4, -0.2) is 53.5 Å². The van der Waals surface area contributed by atoms with E-state index in [0.29, 0.717) is 12.8 Å². The summed E-state index contributed by atoms with van der Waals surface area (Å²) in [7, 11) is 0. The predicted octanol–water partition coefficient (Wildman–Crippen LogP) is 2.26. The lowest BCUT2D eigenvalue weighted by atomic mass is 9.79. The van der Waals surface area contributed by atoms with Crippen molar-refractivity contribution in [2.45, 2.75) is 37.3 Å². The van der Waals surface area contributed by atoms with Crippen LogP contribution in [0.1, 0.15) is 36.3 Å². The SMILES string of the molecule is O=C(NC1CC(C(=O)NC(CCO)C(=O)O)C1)OCC1c2ccccc2-c2ccccc21. The predicted molar refractivity (Wildman–Crippen MR) is 116 cm³/mol. The van der Waals surface area contributed by atoms with Crippen molar-refractivity contribution in [3.63, 3.8) is 0 Å². The summed E-state index contributed by atoms with van der Waals surface area (Å²) in [5.74, 6) is -1.95. The number of amides is 2. The number of rotatable bonds is 8. The number of hydrogen-bond acceptors (Lipinski definition) is 5. The van der Waals surface area contributed by atoms with Gasteiger partial charge in [-0.05, 0) is 35.1 Å². The number of aliphatic hydroxyl groups excluding tert-OH is 1. The largest absolute Gasteiger partial charge is 0.480 e. The molecule has 2 amide bonds. The van der Waals surface area contributed by atoms with Crippen LogP contribution in [0.15, 0.2) is 48.5 Å². The Bertz CT molecular complexity index is 972. The molecule has 0 heterocycles. The van der Waals surface area contributed by atoms with Gasteiger partial charge < -0.3 is 25.6 Å². The first-order valence-corrected chi connectivity index (χ1v) is 10.7. The van der Waals surface area contributed by atoms with Crippen molar-refractivity contribution in [2.24, 2.45) is 5.92 Å². The molecule has 2 aliphatic rings. The molecule has 0 aromatic heterocycles. The van der Waals surface area contributed by atoms with E-state index in [1.807, 2.05) is 24.3 Å². The molecule has 1 fully saturated rings. The molecule has 8 nitrogen and oxygen atoms in total. The van der Waals surface area contributed by atoms with Crippen molar-refractivity contribution in [2.75, 3.05) is 13.2 Å². The molecule has 0 aliphatic heterocycles. The Balaban J connectivity index is 1.26. The van der Waals surface area contributed by atoms with Gasteiger partial charge in [-0.3, -0.25) is 4.79 Å². The van der Waals surface area contributed by atoms with E-state index in [1.54, 1.807) is 0 Å². The molecule has 4 rings (SSSR count). The highest BCUT2D eigenvalue weighted by atomic mass is 16.5. The number of carbonyl (C=O) groups excluding carboxylic acids is 2. The van der Waals surface area contributed by atoms with Crippen LogP contribution >= 0.6 is 0 Å². The molecule has 4 N–H and O–H groups in total. The van der Waals surface area contributed by atoms with Gasteiger partial charge in [0.25, 0.3) is 0 Å². The molecule has 0 radical (unpaired) electrons. The Morgan fingerprint density at radius 2 is 1.59 bits per heavy atom. The van der Waals surface area contributed by atoms with Gasteiger partial charge in [-0.1, -0.05) is 48.5 Å². The molecule has 0 saturated heterocycles. The van der Waals surface area contributed by atoms with Crippen molar-refractivity contribution in [3.05, 3.63) is 59.7 Å². The number of ether oxygens (including phenoxy) is 1. The van der Waals surface area contributed by atoms with Gasteiger partial charge in [0.2, 0.25) is 5.91 Å². The zero-order chi connectivity index (χ0) is 22.7. The summed E-state index contributed by atoms with van der Waals surface area (Å²) in [6.45, 7) is -0.105. The van der Waals surface area contributed by atoms with Crippen molar-refractivity contribution >= 4 is 18.0 Å². The molecule has 0 spiro atoms. The van der Waals surface area contributed by atoms with Crippen LogP contribution in [0, 0.1) is 5.92 Å². The number of carbonyl (C=O) groups is 3. The smallest absolute Gasteiger partial charge is 0.407 e. The summed E-state index contributed by atoms with van der Waals surface area (Å²) in [6.07, 6.45) is 0.262. The van der Waals surface area contributed by atoms with E-state index in [9.17, 15) is 14.4 Å². The number of aliphatic hydroxyl groups is 1. The Hall–Kier alpha value is -3.39. The van der Waals surface area contributed by atoms with Crippen LogP contribution in [0.2, 0.25) is 0 Å². The van der Waals surface area contributed by atoms with Gasteiger partial charge in [-0.25, -0.2) is 9.59 Å². The highest BCUT2D eigenvalue weighted by Gasteiger charge is 2.37. The van der Waals surface area contributed by atoms with Crippen LogP contribution in [-0.2, 0) is 14.3 Å². The van der Waals surface area contributed by atoms with E-state index in [-0.39, 0.29) is 43.4 Å². The minimum absolute atomic E-state index is 0.0208. The zero-order valence-electron chi connectivity index (χ0n) is 17.5. The first kappa shape index (κ1) is 21.8. The average Bonchev–Trinajstić information content (AvgIpc) is 3.08. The number of carboxylic acid groups (broad SMARTS) is 1. The minimum atomic E-state index is -1.18. The molecule has 2 aromatic carbocycles. The molecular weight excluding hydrogens is 412 g/mol. The fraction of sp³-hybridized carbons (Fsp3) is 0.375. The van der Waals surface area contributed by atoms with Gasteiger partial charge >= 0.3 is 12.1 Å². The number of hydrogen-bond donors (Lipinski definition) is 4. The van der Waals surface area contributed by atoms with Crippen LogP contribution in [0.3, 0.4) is 0 Å². The lowest BCUT2D eigenvalue weighted by Gasteiger charge is -2.35. The van der Waals surface area contributed by atoms with Crippen LogP contribution in [0.25, 0.3) is 11.1 Å². The lowest BCUT2D eigenvalue weighted by Crippen LogP contribution is -2.52. The van der Waals surface area contributed by atoms with Gasteiger partial charge in [0.05, 0.1) is 0 Å². The second kappa shape index (κ2) is 9.40. The summed E-state index contributed by atoms with van der Waals surface area (Å²) >= 11 is 0. The molecule has 1 atom stereocenters. The molecular formula is C24H26N2O6. The normalized spacial score (nSPS) is 19.8. The van der Waals surface area contributed by atoms with Gasteiger partial charge in [-0.2, -0.15) is 0 Å². The summed E-state index contributed by atoms with van der Waals surface area (Å²) in [4.78, 5) is 35.6. The zero-order valence-corrected chi connectivity index (χ0v) is 17.5. The summed E-state index contributed by atoms with van der Waals surface area (Å²) in [6, 6.07) is 14.9. The molecule has 32 heavy (non-hydrogen) atoms. The summed E-state index contributed by atoms with van der Waals surface area (Å²) in [5.41, 5.74) is 4.59. The average molecular weight is 438 g/mol. The number of nitrogens with one attached hydrogen (secondary N) is 2. The van der Waals surface area contributed by atoms with Crippen molar-refractivity contribution in [1.29, 1.82) is 0 Å². The van der Waals surface area contributed by atoms with E-state index in [4.69, 9.17) is 14.9 Å². The van der Waals surface area contributed by atoms with Crippen LogP contribution in [0.4, 0.5) is 4.79 Å².